The van der Waals surface area contributed by atoms with Crippen molar-refractivity contribution in [3.05, 3.63) is 29.9 Å². The lowest BCUT2D eigenvalue weighted by atomic mass is 10.3. The molecule has 0 saturated carbocycles. The molecule has 0 unspecified atom stereocenters. The molecule has 0 aliphatic heterocycles. The molecule has 18 heavy (non-hydrogen) atoms. The van der Waals surface area contributed by atoms with Crippen LogP contribution in [0.3, 0.4) is 0 Å². The second-order valence-electron chi connectivity index (χ2n) is 3.70. The number of nitrogens with two attached hydrogens (primary N) is 1. The summed E-state index contributed by atoms with van der Waals surface area (Å²) in [5.74, 6) is 2.08. The maximum absolute atomic E-state index is 5.83. The van der Waals surface area contributed by atoms with Gasteiger partial charge in [0.1, 0.15) is 11.3 Å². The van der Waals surface area contributed by atoms with Crippen molar-refractivity contribution in [2.45, 2.75) is 17.0 Å². The molecule has 5 nitrogen and oxygen atoms in total. The highest BCUT2D eigenvalue weighted by atomic mass is 32.2. The predicted molar refractivity (Wildman–Crippen MR) is 72.6 cm³/mol. The van der Waals surface area contributed by atoms with Crippen LogP contribution >= 0.6 is 23.3 Å². The minimum Gasteiger partial charge on any atom is -0.440 e. The first-order valence-corrected chi connectivity index (χ1v) is 7.05. The number of oxazole rings is 1. The number of rotatable bonds is 3. The smallest absolute Gasteiger partial charge is 0.206 e. The topological polar surface area (TPSA) is 77.8 Å². The Bertz CT molecular complexity index is 691. The summed E-state index contributed by atoms with van der Waals surface area (Å²) in [5, 5.41) is 0. The molecule has 2 aromatic heterocycles. The van der Waals surface area contributed by atoms with E-state index in [1.54, 1.807) is 11.8 Å². The van der Waals surface area contributed by atoms with Crippen molar-refractivity contribution in [3.8, 4) is 0 Å². The van der Waals surface area contributed by atoms with E-state index in [1.807, 2.05) is 25.1 Å². The molecule has 0 atom stereocenters. The molecule has 92 valence electrons. The molecule has 2 N–H and O–H groups in total. The predicted octanol–water partition coefficient (Wildman–Crippen LogP) is 2.86. The van der Waals surface area contributed by atoms with Gasteiger partial charge in [-0.1, -0.05) is 17.8 Å². The summed E-state index contributed by atoms with van der Waals surface area (Å²) in [4.78, 5) is 8.65. The molecule has 0 aliphatic carbocycles. The van der Waals surface area contributed by atoms with Crippen molar-refractivity contribution in [1.29, 1.82) is 0 Å². The van der Waals surface area contributed by atoms with E-state index in [9.17, 15) is 0 Å². The first kappa shape index (κ1) is 11.5. The summed E-state index contributed by atoms with van der Waals surface area (Å²) >= 11 is 2.95. The van der Waals surface area contributed by atoms with Gasteiger partial charge in [0, 0.05) is 0 Å². The minimum absolute atomic E-state index is 0.628. The van der Waals surface area contributed by atoms with Crippen LogP contribution in [-0.4, -0.2) is 14.3 Å². The van der Waals surface area contributed by atoms with E-state index in [4.69, 9.17) is 10.2 Å². The minimum atomic E-state index is 0.628. The normalized spacial score (nSPS) is 11.2. The lowest BCUT2D eigenvalue weighted by molar-refractivity contribution is 0.556. The van der Waals surface area contributed by atoms with E-state index in [1.165, 1.54) is 11.5 Å². The highest BCUT2D eigenvalue weighted by Gasteiger charge is 2.09. The molecule has 0 aliphatic rings. The monoisotopic (exact) mass is 278 g/mol. The third-order valence-electron chi connectivity index (χ3n) is 2.32. The van der Waals surface area contributed by atoms with Crippen LogP contribution in [0.15, 0.2) is 27.0 Å². The van der Waals surface area contributed by atoms with E-state index in [2.05, 4.69) is 14.3 Å². The molecular weight excluding hydrogens is 268 g/mol. The van der Waals surface area contributed by atoms with Gasteiger partial charge < -0.3 is 10.2 Å². The molecule has 1 aromatic carbocycles. The van der Waals surface area contributed by atoms with Crippen molar-refractivity contribution < 1.29 is 4.42 Å². The van der Waals surface area contributed by atoms with Gasteiger partial charge in [-0.05, 0) is 30.6 Å². The van der Waals surface area contributed by atoms with Gasteiger partial charge in [0.25, 0.3) is 0 Å². The van der Waals surface area contributed by atoms with E-state index < -0.39 is 0 Å². The number of hydrogen-bond acceptors (Lipinski definition) is 7. The van der Waals surface area contributed by atoms with Crippen molar-refractivity contribution in [1.82, 2.24) is 14.3 Å². The average molecular weight is 278 g/mol. The fourth-order valence-corrected chi connectivity index (χ4v) is 3.03. The Balaban J connectivity index is 1.81. The molecule has 0 spiro atoms. The van der Waals surface area contributed by atoms with Crippen molar-refractivity contribution >= 4 is 40.1 Å². The first-order chi connectivity index (χ1) is 8.72. The number of nitrogen functional groups attached to an aromatic ring is 1. The quantitative estimate of drug-likeness (QED) is 0.586. The van der Waals surface area contributed by atoms with Gasteiger partial charge in [-0.3, -0.25) is 0 Å². The van der Waals surface area contributed by atoms with Crippen molar-refractivity contribution in [3.63, 3.8) is 0 Å². The number of thioether (sulfide) groups is 1. The Morgan fingerprint density at radius 1 is 1.39 bits per heavy atom. The summed E-state index contributed by atoms with van der Waals surface area (Å²) in [6, 6.07) is 5.53. The van der Waals surface area contributed by atoms with E-state index in [-0.39, 0.29) is 0 Å². The van der Waals surface area contributed by atoms with Gasteiger partial charge in [0.05, 0.1) is 11.4 Å². The molecule has 0 amide bonds. The Hall–Kier alpha value is -1.60. The second kappa shape index (κ2) is 4.58. The largest absolute Gasteiger partial charge is 0.440 e. The van der Waals surface area contributed by atoms with Crippen LogP contribution in [0.1, 0.15) is 11.7 Å². The molecule has 3 rings (SSSR count). The lowest BCUT2D eigenvalue weighted by Crippen LogP contribution is -1.85. The zero-order chi connectivity index (χ0) is 12.5. The summed E-state index contributed by atoms with van der Waals surface area (Å²) in [6.07, 6.45) is 0. The van der Waals surface area contributed by atoms with Crippen LogP contribution in [-0.2, 0) is 5.75 Å². The van der Waals surface area contributed by atoms with Crippen LogP contribution in [0.5, 0.6) is 0 Å². The summed E-state index contributed by atoms with van der Waals surface area (Å²) in [7, 11) is 0. The molecule has 0 fully saturated rings. The number of nitrogens with zero attached hydrogens (tertiary/aromatic N) is 3. The van der Waals surface area contributed by atoms with Crippen LogP contribution in [0.4, 0.5) is 5.69 Å². The number of hydrogen-bond donors (Lipinski definition) is 1. The fourth-order valence-electron chi connectivity index (χ4n) is 1.54. The number of fused-ring (bicyclic) bond motifs is 1. The lowest BCUT2D eigenvalue weighted by Gasteiger charge is -1.90. The van der Waals surface area contributed by atoms with Crippen molar-refractivity contribution in [2.75, 3.05) is 5.73 Å². The fraction of sp³-hybridized carbons (Fsp3) is 0.182. The van der Waals surface area contributed by atoms with E-state index >= 15 is 0 Å². The Morgan fingerprint density at radius 3 is 3.00 bits per heavy atom. The summed E-state index contributed by atoms with van der Waals surface area (Å²) in [6.45, 7) is 1.88. The average Bonchev–Trinajstić information content (AvgIpc) is 2.93. The highest BCUT2D eigenvalue weighted by molar-refractivity contribution is 8.00. The van der Waals surface area contributed by atoms with Gasteiger partial charge >= 0.3 is 0 Å². The zero-order valence-electron chi connectivity index (χ0n) is 9.58. The molecule has 2 heterocycles. The molecule has 0 bridgehead atoms. The Kier molecular flexibility index (Phi) is 2.92. The van der Waals surface area contributed by atoms with Gasteiger partial charge in [-0.2, -0.15) is 4.37 Å². The molecule has 3 aromatic rings. The molecule has 0 radical (unpaired) electrons. The Labute approximate surface area is 112 Å². The summed E-state index contributed by atoms with van der Waals surface area (Å²) < 4.78 is 10.7. The third-order valence-corrected chi connectivity index (χ3v) is 4.23. The maximum Gasteiger partial charge on any atom is 0.206 e. The number of aryl methyl sites for hydroxylation is 1. The second-order valence-corrected chi connectivity index (χ2v) is 5.67. The number of para-hydroxylation sites is 1. The third kappa shape index (κ3) is 2.19. The van der Waals surface area contributed by atoms with E-state index in [0.29, 0.717) is 17.3 Å². The zero-order valence-corrected chi connectivity index (χ0v) is 11.2. The van der Waals surface area contributed by atoms with Gasteiger partial charge in [-0.15, -0.1) is 0 Å². The Morgan fingerprint density at radius 2 is 2.28 bits per heavy atom. The molecule has 7 heteroatoms. The SMILES string of the molecule is Cc1nsc(SCc2nc3c(N)cccc3o2)n1. The van der Waals surface area contributed by atoms with Crippen LogP contribution in [0.25, 0.3) is 11.1 Å². The first-order valence-electron chi connectivity index (χ1n) is 5.29. The van der Waals surface area contributed by atoms with Gasteiger partial charge in [-0.25, -0.2) is 9.97 Å². The van der Waals surface area contributed by atoms with E-state index in [0.717, 1.165) is 21.3 Å². The molecule has 0 saturated heterocycles. The van der Waals surface area contributed by atoms with Crippen molar-refractivity contribution in [2.24, 2.45) is 0 Å². The van der Waals surface area contributed by atoms with Gasteiger partial charge in [0.2, 0.25) is 5.89 Å². The number of benzene rings is 1. The maximum atomic E-state index is 5.83. The summed E-state index contributed by atoms with van der Waals surface area (Å²) in [5.41, 5.74) is 7.91. The van der Waals surface area contributed by atoms with Crippen LogP contribution in [0.2, 0.25) is 0 Å². The van der Waals surface area contributed by atoms with Gasteiger partial charge in [0.15, 0.2) is 9.92 Å². The van der Waals surface area contributed by atoms with Crippen LogP contribution < -0.4 is 5.73 Å². The number of aromatic nitrogens is 3. The molecular formula is C11H10N4OS2. The number of anilines is 1. The van der Waals surface area contributed by atoms with Crippen LogP contribution in [0, 0.1) is 6.92 Å². The highest BCUT2D eigenvalue weighted by Crippen LogP contribution is 2.27. The standard InChI is InChI=1S/C11H10N4OS2/c1-6-13-11(18-15-6)17-5-9-14-10-7(12)3-2-4-8(10)16-9/h2-4H,5,12H2,1H3.